The maximum Gasteiger partial charge on any atom is 0.322 e. The number of hydrogen-bond acceptors (Lipinski definition) is 6. The summed E-state index contributed by atoms with van der Waals surface area (Å²) in [5.74, 6) is -2.43. The molecule has 1 fully saturated rings. The Bertz CT molecular complexity index is 1260. The van der Waals surface area contributed by atoms with Gasteiger partial charge in [-0.2, -0.15) is 0 Å². The first kappa shape index (κ1) is 27.0. The van der Waals surface area contributed by atoms with E-state index in [1.54, 1.807) is 41.3 Å². The smallest absolute Gasteiger partial charge is 0.322 e. The molecule has 4 N–H and O–H groups in total. The van der Waals surface area contributed by atoms with Gasteiger partial charge in [0.15, 0.2) is 11.6 Å². The third kappa shape index (κ3) is 7.24. The summed E-state index contributed by atoms with van der Waals surface area (Å²) in [6.07, 6.45) is 1.54. The van der Waals surface area contributed by atoms with Crippen molar-refractivity contribution in [3.05, 3.63) is 83.7 Å². The van der Waals surface area contributed by atoms with Gasteiger partial charge in [-0.15, -0.1) is 0 Å². The van der Waals surface area contributed by atoms with E-state index in [9.17, 15) is 18.4 Å². The second-order valence-electron chi connectivity index (χ2n) is 9.22. The average molecular weight is 524 g/mol. The topological polar surface area (TPSA) is 107 Å². The molecule has 11 heteroatoms. The van der Waals surface area contributed by atoms with Gasteiger partial charge in [0.25, 0.3) is 5.91 Å². The van der Waals surface area contributed by atoms with E-state index in [1.165, 1.54) is 12.3 Å². The van der Waals surface area contributed by atoms with Crippen LogP contribution in [0.5, 0.6) is 0 Å². The second kappa shape index (κ2) is 12.4. The van der Waals surface area contributed by atoms with Crippen molar-refractivity contribution in [2.45, 2.75) is 6.54 Å². The number of aromatic nitrogens is 1. The number of nitrogens with two attached hydrogens (primary N) is 1. The molecule has 2 aromatic carbocycles. The molecule has 0 radical (unpaired) electrons. The predicted octanol–water partition coefficient (Wildman–Crippen LogP) is 3.48. The van der Waals surface area contributed by atoms with Crippen molar-refractivity contribution < 1.29 is 18.4 Å². The maximum absolute atomic E-state index is 13.7. The van der Waals surface area contributed by atoms with Crippen LogP contribution >= 0.6 is 0 Å². The largest absolute Gasteiger partial charge is 0.397 e. The Labute approximate surface area is 220 Å². The fraction of sp³-hybridized carbons (Fsp3) is 0.296. The highest BCUT2D eigenvalue weighted by Gasteiger charge is 2.19. The van der Waals surface area contributed by atoms with Crippen molar-refractivity contribution in [1.29, 1.82) is 0 Å². The Kier molecular flexibility index (Phi) is 8.82. The summed E-state index contributed by atoms with van der Waals surface area (Å²) < 4.78 is 27.0. The molecule has 38 heavy (non-hydrogen) atoms. The van der Waals surface area contributed by atoms with Crippen LogP contribution < -0.4 is 16.4 Å². The molecule has 2 heterocycles. The zero-order chi connectivity index (χ0) is 27.1. The molecular weight excluding hydrogens is 492 g/mol. The number of carbonyl (C=O) groups is 2. The molecule has 200 valence electrons. The van der Waals surface area contributed by atoms with E-state index in [0.717, 1.165) is 38.3 Å². The lowest BCUT2D eigenvalue weighted by Gasteiger charge is -2.34. The molecule has 0 saturated carbocycles. The molecule has 1 saturated heterocycles. The number of nitrogens with zero attached hydrogens (tertiary/aromatic N) is 4. The molecule has 0 unspecified atom stereocenters. The summed E-state index contributed by atoms with van der Waals surface area (Å²) in [6.45, 7) is 4.97. The van der Waals surface area contributed by atoms with Gasteiger partial charge in [0.2, 0.25) is 0 Å². The number of hydrogen-bond donors (Lipinski definition) is 3. The zero-order valence-corrected chi connectivity index (χ0v) is 21.2. The number of amides is 3. The van der Waals surface area contributed by atoms with Crippen molar-refractivity contribution in [1.82, 2.24) is 19.7 Å². The Morgan fingerprint density at radius 2 is 1.76 bits per heavy atom. The number of nitrogens with one attached hydrogen (secondary N) is 2. The first-order valence-corrected chi connectivity index (χ1v) is 12.3. The van der Waals surface area contributed by atoms with Crippen LogP contribution in [0.1, 0.15) is 16.1 Å². The van der Waals surface area contributed by atoms with Gasteiger partial charge in [0.1, 0.15) is 5.69 Å². The van der Waals surface area contributed by atoms with Gasteiger partial charge in [-0.1, -0.05) is 18.2 Å². The molecular formula is C27H31F2N7O2. The maximum atomic E-state index is 13.7. The summed E-state index contributed by atoms with van der Waals surface area (Å²) in [6, 6.07) is 13.0. The fourth-order valence-corrected chi connectivity index (χ4v) is 4.03. The van der Waals surface area contributed by atoms with Crippen molar-refractivity contribution in [3.63, 3.8) is 0 Å². The van der Waals surface area contributed by atoms with Gasteiger partial charge in [-0.3, -0.25) is 14.7 Å². The normalized spacial score (nSPS) is 14.2. The van der Waals surface area contributed by atoms with Crippen LogP contribution in [0.2, 0.25) is 0 Å². The molecule has 0 aliphatic carbocycles. The summed E-state index contributed by atoms with van der Waals surface area (Å²) in [7, 11) is 2.07. The lowest BCUT2D eigenvalue weighted by Crippen LogP contribution is -2.48. The first-order valence-electron chi connectivity index (χ1n) is 12.3. The van der Waals surface area contributed by atoms with Crippen molar-refractivity contribution >= 4 is 29.0 Å². The van der Waals surface area contributed by atoms with Gasteiger partial charge in [-0.25, -0.2) is 13.6 Å². The summed E-state index contributed by atoms with van der Waals surface area (Å²) >= 11 is 0. The number of carbonyl (C=O) groups excluding carboxylic acids is 2. The lowest BCUT2D eigenvalue weighted by atomic mass is 10.2. The Balaban J connectivity index is 1.43. The van der Waals surface area contributed by atoms with E-state index >= 15 is 0 Å². The van der Waals surface area contributed by atoms with Crippen LogP contribution in [0, 0.1) is 11.6 Å². The number of nitrogen functional groups attached to an aromatic ring is 1. The molecule has 4 rings (SSSR count). The highest BCUT2D eigenvalue weighted by molar-refractivity contribution is 6.04. The average Bonchev–Trinajstić information content (AvgIpc) is 2.91. The van der Waals surface area contributed by atoms with E-state index < -0.39 is 23.6 Å². The van der Waals surface area contributed by atoms with E-state index in [-0.39, 0.29) is 17.9 Å². The van der Waals surface area contributed by atoms with Gasteiger partial charge in [0, 0.05) is 63.8 Å². The quantitative estimate of drug-likeness (QED) is 0.391. The lowest BCUT2D eigenvalue weighted by molar-refractivity contribution is 0.102. The van der Waals surface area contributed by atoms with Crippen LogP contribution in [-0.4, -0.2) is 77.9 Å². The third-order valence-electron chi connectivity index (χ3n) is 6.38. The van der Waals surface area contributed by atoms with Gasteiger partial charge in [-0.05, 0) is 42.9 Å². The standard InChI is InChI=1S/C27H31F2N7O2/c1-34-10-12-35(13-11-34)14-15-36(27(38)32-20-7-8-21(28)22(29)16-20)18-19-6-9-25(31-17-19)26(37)33-24-5-3-2-4-23(24)30/h2-9,16-17H,10-15,18,30H2,1H3,(H,32,38)(H,33,37). The molecule has 0 spiro atoms. The molecule has 0 atom stereocenters. The third-order valence-corrected chi connectivity index (χ3v) is 6.38. The molecule has 3 amide bonds. The Morgan fingerprint density at radius 1 is 1.00 bits per heavy atom. The first-order chi connectivity index (χ1) is 18.3. The van der Waals surface area contributed by atoms with E-state index in [4.69, 9.17) is 5.73 Å². The van der Waals surface area contributed by atoms with Crippen molar-refractivity contribution in [3.8, 4) is 0 Å². The molecule has 9 nitrogen and oxygen atoms in total. The minimum absolute atomic E-state index is 0.156. The Hall–Kier alpha value is -4.09. The van der Waals surface area contributed by atoms with Crippen LogP contribution in [0.3, 0.4) is 0 Å². The van der Waals surface area contributed by atoms with Crippen molar-refractivity contribution in [2.75, 3.05) is 62.7 Å². The minimum Gasteiger partial charge on any atom is -0.397 e. The fourth-order valence-electron chi connectivity index (χ4n) is 4.03. The molecule has 1 aliphatic rings. The monoisotopic (exact) mass is 523 g/mol. The summed E-state index contributed by atoms with van der Waals surface area (Å²) in [4.78, 5) is 36.1. The highest BCUT2D eigenvalue weighted by Crippen LogP contribution is 2.18. The Morgan fingerprint density at radius 3 is 2.45 bits per heavy atom. The van der Waals surface area contributed by atoms with Gasteiger partial charge < -0.3 is 26.2 Å². The van der Waals surface area contributed by atoms with Crippen LogP contribution in [0.4, 0.5) is 30.6 Å². The zero-order valence-electron chi connectivity index (χ0n) is 21.2. The number of pyridine rings is 1. The number of urea groups is 1. The molecule has 3 aromatic rings. The summed E-state index contributed by atoms with van der Waals surface area (Å²) in [5, 5.41) is 5.38. The predicted molar refractivity (Wildman–Crippen MR) is 143 cm³/mol. The molecule has 1 aliphatic heterocycles. The highest BCUT2D eigenvalue weighted by atomic mass is 19.2. The number of anilines is 3. The number of halogens is 2. The molecule has 1 aromatic heterocycles. The van der Waals surface area contributed by atoms with E-state index in [2.05, 4.69) is 32.5 Å². The van der Waals surface area contributed by atoms with E-state index in [1.807, 2.05) is 0 Å². The number of piperazine rings is 1. The number of benzene rings is 2. The number of para-hydroxylation sites is 2. The van der Waals surface area contributed by atoms with Gasteiger partial charge in [0.05, 0.1) is 11.4 Å². The van der Waals surface area contributed by atoms with E-state index in [0.29, 0.717) is 30.0 Å². The van der Waals surface area contributed by atoms with Gasteiger partial charge >= 0.3 is 6.03 Å². The number of likely N-dealkylation sites (N-methyl/N-ethyl adjacent to an activating group) is 1. The van der Waals surface area contributed by atoms with Crippen LogP contribution in [0.25, 0.3) is 0 Å². The van der Waals surface area contributed by atoms with Crippen molar-refractivity contribution in [2.24, 2.45) is 0 Å². The summed E-state index contributed by atoms with van der Waals surface area (Å²) in [5.41, 5.74) is 7.89. The second-order valence-corrected chi connectivity index (χ2v) is 9.22. The SMILES string of the molecule is CN1CCN(CCN(Cc2ccc(C(=O)Nc3ccccc3N)nc2)C(=O)Nc2ccc(F)c(F)c2)CC1. The van der Waals surface area contributed by atoms with Crippen LogP contribution in [0.15, 0.2) is 60.8 Å². The minimum atomic E-state index is -1.04. The molecule has 0 bridgehead atoms. The number of rotatable bonds is 8. The van der Waals surface area contributed by atoms with Crippen LogP contribution in [-0.2, 0) is 6.54 Å².